The van der Waals surface area contributed by atoms with Crippen molar-refractivity contribution in [3.8, 4) is 0 Å². The first-order valence-corrected chi connectivity index (χ1v) is 21.1. The lowest BCUT2D eigenvalue weighted by molar-refractivity contribution is -0.128. The quantitative estimate of drug-likeness (QED) is 0.0768. The van der Waals surface area contributed by atoms with Crippen molar-refractivity contribution in [2.45, 2.75) is 156 Å². The normalized spacial score (nSPS) is 16.4. The third-order valence-electron chi connectivity index (χ3n) is 8.77. The standard InChI is InChI=1S/C17H25NO2.C12H15N3O3.C11H20N2O2.C4H10O.C2H6/c1-3-4-6-9-14(2)12-17(20)18-16(13-19)15-10-7-5-8-11-15;1-8-3-2-4-9(5-8)11(12(13)18)15-10(17)6-14-7-16;1-3-5-9(8(2)14)13-11(15)10-6-4-7-12-10;1-4(2,3)5;1-2/h3-4,6,9,13,15-16H,1,5,7-8,10-12H2,2H3,(H,18,20);2-5,7,11H,6H2,1H3,(H2,13,18)(H,14,16)(H,15,17);9-10,12H,3-7H2,1-2H3,(H,13,15);5H,1-3H3;1-2H3/b6-4-,14-9+;;;;. The molecule has 5 amide bonds. The molecule has 338 valence electrons. The van der Waals surface area contributed by atoms with E-state index in [2.05, 4.69) is 33.2 Å². The molecule has 14 heteroatoms. The van der Waals surface area contributed by atoms with Crippen molar-refractivity contribution in [1.82, 2.24) is 26.6 Å². The van der Waals surface area contributed by atoms with Crippen molar-refractivity contribution in [3.63, 3.8) is 0 Å². The zero-order chi connectivity index (χ0) is 46.1. The van der Waals surface area contributed by atoms with E-state index in [0.717, 1.165) is 75.3 Å². The van der Waals surface area contributed by atoms with Gasteiger partial charge in [-0.2, -0.15) is 0 Å². The molecule has 1 aliphatic carbocycles. The molecule has 1 aromatic carbocycles. The van der Waals surface area contributed by atoms with Crippen molar-refractivity contribution in [3.05, 3.63) is 71.8 Å². The van der Waals surface area contributed by atoms with E-state index in [9.17, 15) is 33.6 Å². The van der Waals surface area contributed by atoms with Crippen LogP contribution in [-0.2, 0) is 33.6 Å². The molecule has 1 saturated heterocycles. The van der Waals surface area contributed by atoms with Gasteiger partial charge in [0.1, 0.15) is 12.3 Å². The number of nitrogens with two attached hydrogens (primary N) is 1. The monoisotopic (exact) mass is 841 g/mol. The summed E-state index contributed by atoms with van der Waals surface area (Å²) in [5.74, 6) is -0.875. The molecule has 2 aliphatic rings. The average Bonchev–Trinajstić information content (AvgIpc) is 3.75. The molecule has 0 bridgehead atoms. The van der Waals surface area contributed by atoms with Gasteiger partial charge in [0.2, 0.25) is 30.0 Å². The molecular weight excluding hydrogens is 765 g/mol. The Kier molecular flexibility index (Phi) is 32.2. The van der Waals surface area contributed by atoms with Crippen molar-refractivity contribution in [2.75, 3.05) is 13.1 Å². The summed E-state index contributed by atoms with van der Waals surface area (Å²) in [4.78, 5) is 78.9. The number of aliphatic hydroxyl groups is 1. The Hall–Kier alpha value is -4.95. The minimum absolute atomic E-state index is 0.0267. The lowest BCUT2D eigenvalue weighted by Crippen LogP contribution is -2.47. The molecule has 0 spiro atoms. The summed E-state index contributed by atoms with van der Waals surface area (Å²) in [5.41, 5.74) is 7.29. The maximum Gasteiger partial charge on any atom is 0.244 e. The minimum Gasteiger partial charge on any atom is -0.391 e. The highest BCUT2D eigenvalue weighted by molar-refractivity contribution is 5.90. The van der Waals surface area contributed by atoms with Gasteiger partial charge < -0.3 is 42.2 Å². The van der Waals surface area contributed by atoms with Crippen LogP contribution in [0.2, 0.25) is 0 Å². The number of carbonyl (C=O) groups excluding carboxylic acids is 7. The van der Waals surface area contributed by atoms with E-state index < -0.39 is 23.5 Å². The lowest BCUT2D eigenvalue weighted by Gasteiger charge is -2.27. The van der Waals surface area contributed by atoms with E-state index >= 15 is 0 Å². The number of amides is 5. The van der Waals surface area contributed by atoms with Crippen LogP contribution in [0, 0.1) is 12.8 Å². The Bertz CT molecular complexity index is 1500. The number of carbonyl (C=O) groups is 7. The molecule has 1 aromatic rings. The summed E-state index contributed by atoms with van der Waals surface area (Å²) in [5, 5.41) is 22.0. The van der Waals surface area contributed by atoms with Crippen LogP contribution in [0.4, 0.5) is 0 Å². The van der Waals surface area contributed by atoms with E-state index in [1.54, 1.807) is 45.0 Å². The van der Waals surface area contributed by atoms with E-state index in [1.165, 1.54) is 13.3 Å². The van der Waals surface area contributed by atoms with Crippen molar-refractivity contribution < 1.29 is 38.7 Å². The second-order valence-electron chi connectivity index (χ2n) is 15.5. The number of ketones is 1. The minimum atomic E-state index is -0.897. The Morgan fingerprint density at radius 2 is 1.58 bits per heavy atom. The molecule has 14 nitrogen and oxygen atoms in total. The Morgan fingerprint density at radius 1 is 0.950 bits per heavy atom. The summed E-state index contributed by atoms with van der Waals surface area (Å²) in [7, 11) is 0. The number of Topliss-reactive ketones (excluding diaryl/α,β-unsaturated/α-hetero) is 1. The number of allylic oxidation sites excluding steroid dienone is 4. The number of rotatable bonds is 18. The van der Waals surface area contributed by atoms with Gasteiger partial charge in [0.15, 0.2) is 5.78 Å². The molecule has 60 heavy (non-hydrogen) atoms. The molecule has 8 N–H and O–H groups in total. The molecule has 1 aliphatic heterocycles. The van der Waals surface area contributed by atoms with Crippen LogP contribution >= 0.6 is 0 Å². The predicted molar refractivity (Wildman–Crippen MR) is 239 cm³/mol. The van der Waals surface area contributed by atoms with Crippen LogP contribution in [-0.4, -0.2) is 84.0 Å². The topological polar surface area (TPSA) is 226 Å². The number of aldehydes is 1. The second-order valence-corrected chi connectivity index (χ2v) is 15.5. The first-order valence-electron chi connectivity index (χ1n) is 21.1. The van der Waals surface area contributed by atoms with E-state index in [0.29, 0.717) is 24.3 Å². The summed E-state index contributed by atoms with van der Waals surface area (Å²) in [6.07, 6.45) is 18.1. The van der Waals surface area contributed by atoms with Crippen molar-refractivity contribution in [1.29, 1.82) is 0 Å². The Labute approximate surface area is 359 Å². The van der Waals surface area contributed by atoms with Gasteiger partial charge >= 0.3 is 0 Å². The van der Waals surface area contributed by atoms with Crippen LogP contribution in [0.25, 0.3) is 0 Å². The largest absolute Gasteiger partial charge is 0.391 e. The van der Waals surface area contributed by atoms with Gasteiger partial charge in [0.25, 0.3) is 0 Å². The highest BCUT2D eigenvalue weighted by atomic mass is 16.3. The molecule has 0 aromatic heterocycles. The van der Waals surface area contributed by atoms with E-state index in [1.807, 2.05) is 58.9 Å². The van der Waals surface area contributed by atoms with Crippen LogP contribution in [0.3, 0.4) is 0 Å². The SMILES string of the molecule is C=C/C=C\C=C(/C)CC(=O)NC(C=O)C1CCCCC1.CC.CC(C)(C)O.CCCC(NC(=O)C1CCCN1)C(C)=O.Cc1cccc(C(NC(=O)CNC=O)C(N)=O)c1. The molecule has 1 heterocycles. The first kappa shape index (κ1) is 57.1. The molecular formula is C46H76N6O8. The highest BCUT2D eigenvalue weighted by Gasteiger charge is 2.26. The third-order valence-corrected chi connectivity index (χ3v) is 8.77. The number of benzene rings is 1. The fourth-order valence-corrected chi connectivity index (χ4v) is 5.96. The molecule has 4 unspecified atom stereocenters. The van der Waals surface area contributed by atoms with Gasteiger partial charge in [-0.05, 0) is 91.7 Å². The fraction of sp³-hybridized carbons (Fsp3) is 0.587. The van der Waals surface area contributed by atoms with Gasteiger partial charge in [-0.3, -0.25) is 28.8 Å². The Morgan fingerprint density at radius 3 is 2.07 bits per heavy atom. The van der Waals surface area contributed by atoms with Gasteiger partial charge in [-0.15, -0.1) is 0 Å². The van der Waals surface area contributed by atoms with Crippen LogP contribution < -0.4 is 32.3 Å². The summed E-state index contributed by atoms with van der Waals surface area (Å²) < 4.78 is 0. The molecule has 4 atom stereocenters. The highest BCUT2D eigenvalue weighted by Crippen LogP contribution is 2.26. The van der Waals surface area contributed by atoms with Gasteiger partial charge in [0.05, 0.1) is 30.3 Å². The number of hydrogen-bond donors (Lipinski definition) is 7. The van der Waals surface area contributed by atoms with Gasteiger partial charge in [-0.25, -0.2) is 0 Å². The summed E-state index contributed by atoms with van der Waals surface area (Å²) >= 11 is 0. The first-order chi connectivity index (χ1) is 28.4. The maximum atomic E-state index is 11.9. The predicted octanol–water partition coefficient (Wildman–Crippen LogP) is 5.13. The van der Waals surface area contributed by atoms with Crippen LogP contribution in [0.5, 0.6) is 0 Å². The van der Waals surface area contributed by atoms with E-state index in [4.69, 9.17) is 10.8 Å². The molecule has 0 radical (unpaired) electrons. The van der Waals surface area contributed by atoms with Crippen LogP contribution in [0.15, 0.2) is 60.7 Å². The zero-order valence-corrected chi connectivity index (χ0v) is 37.7. The molecule has 2 fully saturated rings. The number of hydrogen-bond acceptors (Lipinski definition) is 9. The van der Waals surface area contributed by atoms with Crippen molar-refractivity contribution in [2.24, 2.45) is 11.7 Å². The van der Waals surface area contributed by atoms with Gasteiger partial charge in [0, 0.05) is 6.42 Å². The van der Waals surface area contributed by atoms with Crippen LogP contribution in [0.1, 0.15) is 137 Å². The third kappa shape index (κ3) is 29.3. The summed E-state index contributed by atoms with van der Waals surface area (Å²) in [6, 6.07) is 5.51. The molecule has 3 rings (SSSR count). The number of aryl methyl sites for hydroxylation is 1. The maximum absolute atomic E-state index is 11.9. The lowest BCUT2D eigenvalue weighted by atomic mass is 9.84. The Balaban J connectivity index is 0. The smallest absolute Gasteiger partial charge is 0.244 e. The number of nitrogens with one attached hydrogen (secondary N) is 5. The van der Waals surface area contributed by atoms with Crippen molar-refractivity contribution >= 4 is 42.1 Å². The number of primary amides is 1. The summed E-state index contributed by atoms with van der Waals surface area (Å²) in [6.45, 7) is 20.8. The van der Waals surface area contributed by atoms with E-state index in [-0.39, 0.29) is 42.3 Å². The molecule has 1 saturated carbocycles. The zero-order valence-electron chi connectivity index (χ0n) is 37.7. The second kappa shape index (κ2) is 33.8. The fourth-order valence-electron chi connectivity index (χ4n) is 5.96. The van der Waals surface area contributed by atoms with Gasteiger partial charge in [-0.1, -0.05) is 113 Å². The average molecular weight is 841 g/mol.